The lowest BCUT2D eigenvalue weighted by molar-refractivity contribution is 0.219. The van der Waals surface area contributed by atoms with E-state index in [2.05, 4.69) is 6.58 Å². The molecular formula is C10H20O2. The Morgan fingerprint density at radius 1 is 1.42 bits per heavy atom. The van der Waals surface area contributed by atoms with Gasteiger partial charge in [0.05, 0.1) is 12.2 Å². The van der Waals surface area contributed by atoms with E-state index < -0.39 is 0 Å². The first-order chi connectivity index (χ1) is 5.58. The van der Waals surface area contributed by atoms with Gasteiger partial charge in [-0.1, -0.05) is 25.2 Å². The second-order valence-electron chi connectivity index (χ2n) is 2.48. The van der Waals surface area contributed by atoms with Crippen LogP contribution < -0.4 is 0 Å². The summed E-state index contributed by atoms with van der Waals surface area (Å²) in [6.07, 6.45) is 5.26. The maximum absolute atomic E-state index is 8.55. The molecule has 0 spiro atoms. The molecule has 0 aliphatic heterocycles. The van der Waals surface area contributed by atoms with Crippen molar-refractivity contribution in [2.75, 3.05) is 0 Å². The molecule has 0 amide bonds. The summed E-state index contributed by atoms with van der Waals surface area (Å²) in [5, 5.41) is 17.0. The van der Waals surface area contributed by atoms with Crippen LogP contribution in [-0.2, 0) is 0 Å². The predicted molar refractivity (Wildman–Crippen MR) is 53.0 cm³/mol. The number of allylic oxidation sites excluding steroid dienone is 1. The first-order valence-electron chi connectivity index (χ1n) is 4.19. The molecule has 2 unspecified atom stereocenters. The fourth-order valence-corrected chi connectivity index (χ4v) is 0.445. The molecular weight excluding hydrogens is 152 g/mol. The van der Waals surface area contributed by atoms with Gasteiger partial charge in [0.25, 0.3) is 0 Å². The first-order valence-corrected chi connectivity index (χ1v) is 4.19. The van der Waals surface area contributed by atoms with Gasteiger partial charge < -0.3 is 10.2 Å². The van der Waals surface area contributed by atoms with E-state index in [0.29, 0.717) is 0 Å². The Kier molecular flexibility index (Phi) is 12.1. The van der Waals surface area contributed by atoms with E-state index in [1.54, 1.807) is 13.0 Å². The second-order valence-corrected chi connectivity index (χ2v) is 2.48. The molecule has 0 rings (SSSR count). The first kappa shape index (κ1) is 14.0. The number of aliphatic hydroxyl groups excluding tert-OH is 2. The highest BCUT2D eigenvalue weighted by molar-refractivity contribution is 4.81. The van der Waals surface area contributed by atoms with Crippen molar-refractivity contribution >= 4 is 0 Å². The highest BCUT2D eigenvalue weighted by Gasteiger charge is 1.86. The predicted octanol–water partition coefficient (Wildman–Crippen LogP) is 1.89. The molecule has 0 heterocycles. The van der Waals surface area contributed by atoms with Crippen molar-refractivity contribution in [2.24, 2.45) is 0 Å². The number of aliphatic hydroxyl groups is 2. The Morgan fingerprint density at radius 3 is 1.92 bits per heavy atom. The summed E-state index contributed by atoms with van der Waals surface area (Å²) in [4.78, 5) is 0. The van der Waals surface area contributed by atoms with E-state index >= 15 is 0 Å². The molecule has 0 fully saturated rings. The van der Waals surface area contributed by atoms with Crippen LogP contribution in [0.3, 0.4) is 0 Å². The van der Waals surface area contributed by atoms with Crippen molar-refractivity contribution in [1.29, 1.82) is 0 Å². The smallest absolute Gasteiger partial charge is 0.0715 e. The number of rotatable bonds is 3. The minimum atomic E-state index is -0.301. The Bertz CT molecular complexity index is 117. The zero-order valence-corrected chi connectivity index (χ0v) is 8.20. The fraction of sp³-hybridized carbons (Fsp3) is 0.600. The summed E-state index contributed by atoms with van der Waals surface area (Å²) in [5.74, 6) is 0. The van der Waals surface area contributed by atoms with E-state index in [0.717, 1.165) is 6.42 Å². The standard InChI is InChI=1S/2C5H10O/c1-3-4-5(2)6;1-3-5(6)4-2/h3-6H,1-2H3;3,5-6H,1,4H2,2H3/b4-3+;. The molecule has 2 atom stereocenters. The van der Waals surface area contributed by atoms with Gasteiger partial charge >= 0.3 is 0 Å². The maximum Gasteiger partial charge on any atom is 0.0715 e. The van der Waals surface area contributed by atoms with Crippen molar-refractivity contribution in [2.45, 2.75) is 39.4 Å². The van der Waals surface area contributed by atoms with Crippen molar-refractivity contribution in [3.05, 3.63) is 24.8 Å². The highest BCUT2D eigenvalue weighted by atomic mass is 16.3. The Hall–Kier alpha value is -0.600. The van der Waals surface area contributed by atoms with Gasteiger partial charge in [-0.05, 0) is 20.3 Å². The van der Waals surface area contributed by atoms with Crippen LogP contribution in [0.5, 0.6) is 0 Å². The quantitative estimate of drug-likeness (QED) is 0.638. The Morgan fingerprint density at radius 2 is 1.92 bits per heavy atom. The lowest BCUT2D eigenvalue weighted by atomic mass is 10.3. The van der Waals surface area contributed by atoms with E-state index in [-0.39, 0.29) is 12.2 Å². The lowest BCUT2D eigenvalue weighted by Gasteiger charge is -1.93. The summed E-state index contributed by atoms with van der Waals surface area (Å²) in [6.45, 7) is 8.89. The monoisotopic (exact) mass is 172 g/mol. The molecule has 0 aliphatic rings. The SMILES string of the molecule is C/C=C/C(C)O.C=CC(O)CC. The van der Waals surface area contributed by atoms with Crippen LogP contribution >= 0.6 is 0 Å². The summed E-state index contributed by atoms with van der Waals surface area (Å²) in [5.41, 5.74) is 0. The average molecular weight is 172 g/mol. The molecule has 2 heteroatoms. The van der Waals surface area contributed by atoms with Crippen LogP contribution in [0.4, 0.5) is 0 Å². The summed E-state index contributed by atoms with van der Waals surface area (Å²) in [6, 6.07) is 0. The highest BCUT2D eigenvalue weighted by Crippen LogP contribution is 1.86. The third kappa shape index (κ3) is 16.2. The van der Waals surface area contributed by atoms with Crippen molar-refractivity contribution in [3.63, 3.8) is 0 Å². The minimum Gasteiger partial charge on any atom is -0.389 e. The molecule has 72 valence electrons. The zero-order chi connectivity index (χ0) is 9.98. The third-order valence-corrected chi connectivity index (χ3v) is 1.16. The van der Waals surface area contributed by atoms with Gasteiger partial charge in [0.2, 0.25) is 0 Å². The van der Waals surface area contributed by atoms with Gasteiger partial charge in [-0.25, -0.2) is 0 Å². The van der Waals surface area contributed by atoms with Gasteiger partial charge in [-0.3, -0.25) is 0 Å². The largest absolute Gasteiger partial charge is 0.389 e. The molecule has 0 saturated heterocycles. The Labute approximate surface area is 75.2 Å². The minimum absolute atomic E-state index is 0.282. The molecule has 0 aromatic heterocycles. The summed E-state index contributed by atoms with van der Waals surface area (Å²) >= 11 is 0. The lowest BCUT2D eigenvalue weighted by Crippen LogP contribution is -1.95. The molecule has 0 saturated carbocycles. The zero-order valence-electron chi connectivity index (χ0n) is 8.20. The van der Waals surface area contributed by atoms with Crippen LogP contribution in [0.1, 0.15) is 27.2 Å². The van der Waals surface area contributed by atoms with E-state index in [1.165, 1.54) is 6.08 Å². The third-order valence-electron chi connectivity index (χ3n) is 1.16. The van der Waals surface area contributed by atoms with Crippen LogP contribution in [0.2, 0.25) is 0 Å². The average Bonchev–Trinajstić information content (AvgIpc) is 2.04. The van der Waals surface area contributed by atoms with Gasteiger partial charge in [-0.2, -0.15) is 0 Å². The Balaban J connectivity index is 0. The van der Waals surface area contributed by atoms with Crippen molar-refractivity contribution in [1.82, 2.24) is 0 Å². The van der Waals surface area contributed by atoms with Gasteiger partial charge in [0, 0.05) is 0 Å². The van der Waals surface area contributed by atoms with E-state index in [1.807, 2.05) is 19.9 Å². The molecule has 0 aromatic rings. The van der Waals surface area contributed by atoms with Crippen LogP contribution in [0.15, 0.2) is 24.8 Å². The molecule has 0 bridgehead atoms. The molecule has 0 aliphatic carbocycles. The summed E-state index contributed by atoms with van der Waals surface area (Å²) < 4.78 is 0. The normalized spacial score (nSPS) is 14.8. The molecule has 2 nitrogen and oxygen atoms in total. The topological polar surface area (TPSA) is 40.5 Å². The molecule has 0 radical (unpaired) electrons. The van der Waals surface area contributed by atoms with Crippen LogP contribution in [-0.4, -0.2) is 22.4 Å². The number of hydrogen-bond acceptors (Lipinski definition) is 2. The fourth-order valence-electron chi connectivity index (χ4n) is 0.445. The van der Waals surface area contributed by atoms with Crippen LogP contribution in [0.25, 0.3) is 0 Å². The van der Waals surface area contributed by atoms with Gasteiger partial charge in [-0.15, -0.1) is 6.58 Å². The van der Waals surface area contributed by atoms with Gasteiger partial charge in [0.15, 0.2) is 0 Å². The van der Waals surface area contributed by atoms with Crippen LogP contribution in [0, 0.1) is 0 Å². The maximum atomic E-state index is 8.55. The summed E-state index contributed by atoms with van der Waals surface area (Å²) in [7, 11) is 0. The molecule has 2 N–H and O–H groups in total. The van der Waals surface area contributed by atoms with E-state index in [9.17, 15) is 0 Å². The molecule has 12 heavy (non-hydrogen) atoms. The van der Waals surface area contributed by atoms with E-state index in [4.69, 9.17) is 10.2 Å². The number of hydrogen-bond donors (Lipinski definition) is 2. The van der Waals surface area contributed by atoms with Crippen molar-refractivity contribution < 1.29 is 10.2 Å². The molecule has 0 aromatic carbocycles. The second kappa shape index (κ2) is 10.4. The van der Waals surface area contributed by atoms with Crippen molar-refractivity contribution in [3.8, 4) is 0 Å². The van der Waals surface area contributed by atoms with Gasteiger partial charge in [0.1, 0.15) is 0 Å².